The van der Waals surface area contributed by atoms with E-state index in [9.17, 15) is 0 Å². The molecule has 0 aliphatic heterocycles. The molecule has 0 aromatic carbocycles. The van der Waals surface area contributed by atoms with Crippen molar-refractivity contribution in [1.82, 2.24) is 4.98 Å². The first-order valence-electron chi connectivity index (χ1n) is 5.48. The molecule has 1 atom stereocenters. The van der Waals surface area contributed by atoms with Gasteiger partial charge < -0.3 is 10.5 Å². The van der Waals surface area contributed by atoms with E-state index in [1.165, 1.54) is 10.4 Å². The number of aromatic nitrogens is 1. The van der Waals surface area contributed by atoms with Gasteiger partial charge in [0.05, 0.1) is 7.11 Å². The molecule has 2 heterocycles. The summed E-state index contributed by atoms with van der Waals surface area (Å²) in [7, 11) is 1.61. The molecule has 4 heteroatoms. The number of aryl methyl sites for hydroxylation is 1. The molecule has 3 nitrogen and oxygen atoms in total. The normalized spacial score (nSPS) is 12.4. The molecule has 2 N–H and O–H groups in total. The van der Waals surface area contributed by atoms with Crippen molar-refractivity contribution in [2.75, 3.05) is 7.11 Å². The van der Waals surface area contributed by atoms with E-state index in [1.54, 1.807) is 18.4 Å². The molecule has 0 radical (unpaired) electrons. The molecule has 17 heavy (non-hydrogen) atoms. The van der Waals surface area contributed by atoms with Crippen LogP contribution in [0.4, 0.5) is 0 Å². The van der Waals surface area contributed by atoms with Gasteiger partial charge in [-0.15, -0.1) is 11.3 Å². The van der Waals surface area contributed by atoms with Gasteiger partial charge in [-0.25, -0.2) is 4.98 Å². The third-order valence-electron chi connectivity index (χ3n) is 2.64. The lowest BCUT2D eigenvalue weighted by Crippen LogP contribution is -2.12. The summed E-state index contributed by atoms with van der Waals surface area (Å²) < 4.78 is 5.02. The van der Waals surface area contributed by atoms with Crippen molar-refractivity contribution in [2.24, 2.45) is 5.73 Å². The maximum absolute atomic E-state index is 6.16. The van der Waals surface area contributed by atoms with E-state index in [0.717, 1.165) is 12.0 Å². The highest BCUT2D eigenvalue weighted by molar-refractivity contribution is 7.10. The first kappa shape index (κ1) is 12.1. The Morgan fingerprint density at radius 1 is 1.47 bits per heavy atom. The summed E-state index contributed by atoms with van der Waals surface area (Å²) in [6.45, 7) is 2.09. The van der Waals surface area contributed by atoms with E-state index < -0.39 is 0 Å². The van der Waals surface area contributed by atoms with E-state index in [2.05, 4.69) is 23.4 Å². The summed E-state index contributed by atoms with van der Waals surface area (Å²) in [6, 6.07) is 6.05. The maximum Gasteiger partial charge on any atom is 0.212 e. The number of methoxy groups -OCH3 is 1. The SMILES string of the molecule is COc1ccc(CC(N)c2csc(C)c2)cn1. The monoisotopic (exact) mass is 248 g/mol. The quantitative estimate of drug-likeness (QED) is 0.905. The summed E-state index contributed by atoms with van der Waals surface area (Å²) in [5.41, 5.74) is 8.48. The van der Waals surface area contributed by atoms with E-state index in [0.29, 0.717) is 5.88 Å². The van der Waals surface area contributed by atoms with Crippen LogP contribution in [-0.4, -0.2) is 12.1 Å². The molecule has 0 saturated carbocycles. The summed E-state index contributed by atoms with van der Waals surface area (Å²) in [5, 5.41) is 2.12. The Hall–Kier alpha value is -1.39. The average molecular weight is 248 g/mol. The summed E-state index contributed by atoms with van der Waals surface area (Å²) in [4.78, 5) is 5.47. The highest BCUT2D eigenvalue weighted by Gasteiger charge is 2.09. The first-order chi connectivity index (χ1) is 8.19. The second-order valence-electron chi connectivity index (χ2n) is 4.01. The molecular formula is C13H16N2OS. The molecular weight excluding hydrogens is 232 g/mol. The Labute approximate surface area is 105 Å². The number of hydrogen-bond acceptors (Lipinski definition) is 4. The van der Waals surface area contributed by atoms with Crippen LogP contribution in [0.25, 0.3) is 0 Å². The third kappa shape index (κ3) is 3.05. The van der Waals surface area contributed by atoms with E-state index >= 15 is 0 Å². The van der Waals surface area contributed by atoms with Gasteiger partial charge in [-0.3, -0.25) is 0 Å². The van der Waals surface area contributed by atoms with Crippen LogP contribution < -0.4 is 10.5 Å². The van der Waals surface area contributed by atoms with Gasteiger partial charge in [0.25, 0.3) is 0 Å². The van der Waals surface area contributed by atoms with Gasteiger partial charge in [-0.1, -0.05) is 6.07 Å². The fourth-order valence-corrected chi connectivity index (χ4v) is 2.45. The molecule has 0 fully saturated rings. The van der Waals surface area contributed by atoms with Crippen molar-refractivity contribution in [3.63, 3.8) is 0 Å². The van der Waals surface area contributed by atoms with Gasteiger partial charge in [0.15, 0.2) is 0 Å². The zero-order valence-electron chi connectivity index (χ0n) is 10.0. The Kier molecular flexibility index (Phi) is 3.76. The fourth-order valence-electron chi connectivity index (χ4n) is 1.68. The standard InChI is InChI=1S/C13H16N2OS/c1-9-5-11(8-17-9)12(14)6-10-3-4-13(16-2)15-7-10/h3-5,7-8,12H,6,14H2,1-2H3. The van der Waals surface area contributed by atoms with Crippen molar-refractivity contribution >= 4 is 11.3 Å². The zero-order chi connectivity index (χ0) is 12.3. The van der Waals surface area contributed by atoms with E-state index in [-0.39, 0.29) is 6.04 Å². The maximum atomic E-state index is 6.16. The molecule has 0 aliphatic rings. The van der Waals surface area contributed by atoms with Gasteiger partial charge >= 0.3 is 0 Å². The van der Waals surface area contributed by atoms with Crippen LogP contribution in [0.3, 0.4) is 0 Å². The number of rotatable bonds is 4. The highest BCUT2D eigenvalue weighted by Crippen LogP contribution is 2.21. The number of nitrogens with two attached hydrogens (primary N) is 1. The lowest BCUT2D eigenvalue weighted by atomic mass is 10.0. The number of hydrogen-bond donors (Lipinski definition) is 1. The summed E-state index contributed by atoms with van der Waals surface area (Å²) in [5.74, 6) is 0.633. The van der Waals surface area contributed by atoms with Gasteiger partial charge in [-0.05, 0) is 35.9 Å². The zero-order valence-corrected chi connectivity index (χ0v) is 10.8. The lowest BCUT2D eigenvalue weighted by Gasteiger charge is -2.09. The van der Waals surface area contributed by atoms with Crippen LogP contribution in [0.1, 0.15) is 22.0 Å². The number of thiophene rings is 1. The van der Waals surface area contributed by atoms with Crippen LogP contribution in [0.5, 0.6) is 5.88 Å². The van der Waals surface area contributed by atoms with Crippen LogP contribution >= 0.6 is 11.3 Å². The van der Waals surface area contributed by atoms with E-state index in [1.807, 2.05) is 18.3 Å². The minimum Gasteiger partial charge on any atom is -0.481 e. The predicted molar refractivity (Wildman–Crippen MR) is 70.5 cm³/mol. The van der Waals surface area contributed by atoms with Crippen molar-refractivity contribution in [1.29, 1.82) is 0 Å². The van der Waals surface area contributed by atoms with E-state index in [4.69, 9.17) is 10.5 Å². The second kappa shape index (κ2) is 5.29. The van der Waals surface area contributed by atoms with Gasteiger partial charge in [0, 0.05) is 23.2 Å². The van der Waals surface area contributed by atoms with Crippen LogP contribution in [0.2, 0.25) is 0 Å². The topological polar surface area (TPSA) is 48.1 Å². The van der Waals surface area contributed by atoms with Crippen LogP contribution in [-0.2, 0) is 6.42 Å². The molecule has 0 aliphatic carbocycles. The van der Waals surface area contributed by atoms with Gasteiger partial charge in [-0.2, -0.15) is 0 Å². The summed E-state index contributed by atoms with van der Waals surface area (Å²) >= 11 is 1.73. The average Bonchev–Trinajstić information content (AvgIpc) is 2.77. The molecule has 0 amide bonds. The second-order valence-corrected chi connectivity index (χ2v) is 5.13. The van der Waals surface area contributed by atoms with Crippen molar-refractivity contribution < 1.29 is 4.74 Å². The Morgan fingerprint density at radius 2 is 2.29 bits per heavy atom. The van der Waals surface area contributed by atoms with Gasteiger partial charge in [0.2, 0.25) is 5.88 Å². The third-order valence-corrected chi connectivity index (χ3v) is 3.52. The molecule has 2 aromatic rings. The predicted octanol–water partition coefficient (Wildman–Crippen LogP) is 2.70. The smallest absolute Gasteiger partial charge is 0.212 e. The first-order valence-corrected chi connectivity index (χ1v) is 6.36. The lowest BCUT2D eigenvalue weighted by molar-refractivity contribution is 0.397. The fraction of sp³-hybridized carbons (Fsp3) is 0.308. The molecule has 0 bridgehead atoms. The van der Waals surface area contributed by atoms with Crippen molar-refractivity contribution in [3.8, 4) is 5.88 Å². The van der Waals surface area contributed by atoms with Crippen molar-refractivity contribution in [2.45, 2.75) is 19.4 Å². The number of nitrogens with zero attached hydrogens (tertiary/aromatic N) is 1. The minimum atomic E-state index is 0.0372. The number of pyridine rings is 1. The van der Waals surface area contributed by atoms with Crippen LogP contribution in [0.15, 0.2) is 29.8 Å². The highest BCUT2D eigenvalue weighted by atomic mass is 32.1. The summed E-state index contributed by atoms with van der Waals surface area (Å²) in [6.07, 6.45) is 2.62. The Morgan fingerprint density at radius 3 is 2.82 bits per heavy atom. The van der Waals surface area contributed by atoms with Crippen molar-refractivity contribution in [3.05, 3.63) is 45.8 Å². The Balaban J connectivity index is 2.04. The largest absolute Gasteiger partial charge is 0.481 e. The molecule has 0 spiro atoms. The molecule has 1 unspecified atom stereocenters. The Bertz CT molecular complexity index is 478. The number of ether oxygens (including phenoxy) is 1. The van der Waals surface area contributed by atoms with Crippen LogP contribution in [0, 0.1) is 6.92 Å². The molecule has 90 valence electrons. The molecule has 0 saturated heterocycles. The minimum absolute atomic E-state index is 0.0372. The van der Waals surface area contributed by atoms with Gasteiger partial charge in [0.1, 0.15) is 0 Å². The molecule has 2 rings (SSSR count). The molecule has 2 aromatic heterocycles.